The molecule has 0 bridgehead atoms. The maximum Gasteiger partial charge on any atom is 0.160 e. The summed E-state index contributed by atoms with van der Waals surface area (Å²) in [7, 11) is 0. The maximum atomic E-state index is 4.62. The van der Waals surface area contributed by atoms with Crippen LogP contribution in [0.15, 0.2) is 42.7 Å². The molecule has 7 nitrogen and oxygen atoms in total. The average Bonchev–Trinajstić information content (AvgIpc) is 3.19. The first-order valence-corrected chi connectivity index (χ1v) is 7.59. The molecule has 23 heavy (non-hydrogen) atoms. The molecule has 0 spiro atoms. The molecule has 116 valence electrons. The first-order chi connectivity index (χ1) is 11.2. The van der Waals surface area contributed by atoms with Gasteiger partial charge in [0, 0.05) is 24.0 Å². The molecule has 0 saturated heterocycles. The minimum atomic E-state index is 0.351. The van der Waals surface area contributed by atoms with Gasteiger partial charge in [-0.05, 0) is 18.1 Å². The Kier molecular flexibility index (Phi) is 3.18. The van der Waals surface area contributed by atoms with E-state index in [1.165, 1.54) is 0 Å². The lowest BCUT2D eigenvalue weighted by atomic mass is 10.1. The van der Waals surface area contributed by atoms with Gasteiger partial charge >= 0.3 is 0 Å². The highest BCUT2D eigenvalue weighted by Crippen LogP contribution is 2.19. The van der Waals surface area contributed by atoms with Crippen molar-refractivity contribution >= 4 is 17.1 Å². The van der Waals surface area contributed by atoms with Crippen molar-refractivity contribution in [3.63, 3.8) is 0 Å². The number of hydrogen-bond donors (Lipinski definition) is 1. The van der Waals surface area contributed by atoms with E-state index in [0.29, 0.717) is 12.5 Å². The zero-order valence-electron chi connectivity index (χ0n) is 13.0. The van der Waals surface area contributed by atoms with Gasteiger partial charge in [-0.25, -0.2) is 4.98 Å². The molecule has 0 aromatic carbocycles. The van der Waals surface area contributed by atoms with E-state index in [-0.39, 0.29) is 0 Å². The van der Waals surface area contributed by atoms with Crippen LogP contribution in [0, 0.1) is 0 Å². The second-order valence-corrected chi connectivity index (χ2v) is 5.72. The van der Waals surface area contributed by atoms with E-state index in [9.17, 15) is 0 Å². The van der Waals surface area contributed by atoms with Gasteiger partial charge in [0.15, 0.2) is 17.1 Å². The molecule has 4 aromatic heterocycles. The van der Waals surface area contributed by atoms with E-state index in [1.807, 2.05) is 40.9 Å². The summed E-state index contributed by atoms with van der Waals surface area (Å²) in [6.45, 7) is 4.82. The number of nitrogens with one attached hydrogen (secondary N) is 1. The van der Waals surface area contributed by atoms with Gasteiger partial charge in [-0.2, -0.15) is 9.61 Å². The van der Waals surface area contributed by atoms with Crippen molar-refractivity contribution in [2.45, 2.75) is 26.3 Å². The summed E-state index contributed by atoms with van der Waals surface area (Å²) in [5.41, 5.74) is 2.71. The third kappa shape index (κ3) is 2.40. The molecular formula is C16H17N7. The third-order valence-corrected chi connectivity index (χ3v) is 3.78. The van der Waals surface area contributed by atoms with Gasteiger partial charge in [0.25, 0.3) is 0 Å². The average molecular weight is 307 g/mol. The first-order valence-electron chi connectivity index (χ1n) is 7.59. The molecule has 0 amide bonds. The van der Waals surface area contributed by atoms with Gasteiger partial charge < -0.3 is 5.32 Å². The summed E-state index contributed by atoms with van der Waals surface area (Å²) in [4.78, 5) is 4.62. The smallest absolute Gasteiger partial charge is 0.160 e. The van der Waals surface area contributed by atoms with Crippen molar-refractivity contribution in [2.24, 2.45) is 0 Å². The Labute approximate surface area is 133 Å². The molecule has 0 fully saturated rings. The van der Waals surface area contributed by atoms with E-state index >= 15 is 0 Å². The predicted molar refractivity (Wildman–Crippen MR) is 87.4 cm³/mol. The highest BCUT2D eigenvalue weighted by atomic mass is 15.3. The van der Waals surface area contributed by atoms with Crippen LogP contribution in [-0.2, 0) is 6.54 Å². The number of aromatic nitrogens is 6. The Morgan fingerprint density at radius 1 is 1.13 bits per heavy atom. The van der Waals surface area contributed by atoms with Gasteiger partial charge in [0.1, 0.15) is 5.82 Å². The Hall–Kier alpha value is -2.96. The Balaban J connectivity index is 1.68. The zero-order valence-corrected chi connectivity index (χ0v) is 13.0. The number of anilines is 1. The minimum absolute atomic E-state index is 0.351. The van der Waals surface area contributed by atoms with Crippen molar-refractivity contribution in [1.29, 1.82) is 0 Å². The third-order valence-electron chi connectivity index (χ3n) is 3.78. The monoisotopic (exact) mass is 307 g/mol. The van der Waals surface area contributed by atoms with Crippen LogP contribution in [0.1, 0.15) is 31.3 Å². The molecule has 4 rings (SSSR count). The van der Waals surface area contributed by atoms with Gasteiger partial charge in [-0.15, -0.1) is 10.2 Å². The lowest BCUT2D eigenvalue weighted by molar-refractivity contribution is 0.805. The summed E-state index contributed by atoms with van der Waals surface area (Å²) in [6.07, 6.45) is 3.71. The molecule has 4 heterocycles. The topological polar surface area (TPSA) is 72.4 Å². The van der Waals surface area contributed by atoms with E-state index in [2.05, 4.69) is 39.4 Å². The van der Waals surface area contributed by atoms with Crippen LogP contribution in [0.2, 0.25) is 0 Å². The fourth-order valence-corrected chi connectivity index (χ4v) is 2.54. The summed E-state index contributed by atoms with van der Waals surface area (Å²) in [5.74, 6) is 2.10. The van der Waals surface area contributed by atoms with Gasteiger partial charge in [0.05, 0.1) is 12.7 Å². The highest BCUT2D eigenvalue weighted by molar-refractivity contribution is 5.49. The fourth-order valence-electron chi connectivity index (χ4n) is 2.54. The molecule has 0 aliphatic heterocycles. The van der Waals surface area contributed by atoms with Crippen LogP contribution in [0.4, 0.5) is 5.82 Å². The van der Waals surface area contributed by atoms with Gasteiger partial charge in [-0.3, -0.25) is 4.40 Å². The second-order valence-electron chi connectivity index (χ2n) is 5.72. The van der Waals surface area contributed by atoms with Crippen molar-refractivity contribution in [3.8, 4) is 0 Å². The molecule has 0 saturated carbocycles. The van der Waals surface area contributed by atoms with Crippen molar-refractivity contribution in [3.05, 3.63) is 54.2 Å². The molecule has 1 N–H and O–H groups in total. The number of pyridine rings is 1. The Bertz CT molecular complexity index is 967. The molecule has 0 atom stereocenters. The van der Waals surface area contributed by atoms with E-state index < -0.39 is 0 Å². The van der Waals surface area contributed by atoms with Crippen molar-refractivity contribution < 1.29 is 0 Å². The Morgan fingerprint density at radius 2 is 2.04 bits per heavy atom. The van der Waals surface area contributed by atoms with Crippen LogP contribution in [-0.4, -0.2) is 29.2 Å². The lowest BCUT2D eigenvalue weighted by Gasteiger charge is -2.11. The summed E-state index contributed by atoms with van der Waals surface area (Å²) in [5, 5.41) is 16.1. The number of rotatable bonds is 4. The summed E-state index contributed by atoms with van der Waals surface area (Å²) < 4.78 is 3.77. The summed E-state index contributed by atoms with van der Waals surface area (Å²) in [6, 6.07) is 9.80. The second kappa shape index (κ2) is 5.35. The standard InChI is InChI=1S/C16H17N7/c1-11(2)12-9-15(23-13(19-12)6-7-18-23)17-10-16-21-20-14-5-3-4-8-22(14)16/h3-9,11,17H,10H2,1-2H3. The molecule has 0 radical (unpaired) electrons. The summed E-state index contributed by atoms with van der Waals surface area (Å²) >= 11 is 0. The highest BCUT2D eigenvalue weighted by Gasteiger charge is 2.10. The quantitative estimate of drug-likeness (QED) is 0.627. The van der Waals surface area contributed by atoms with Crippen LogP contribution in [0.3, 0.4) is 0 Å². The normalized spacial score (nSPS) is 11.6. The number of fused-ring (bicyclic) bond motifs is 2. The predicted octanol–water partition coefficient (Wildman–Crippen LogP) is 2.51. The van der Waals surface area contributed by atoms with Crippen LogP contribution >= 0.6 is 0 Å². The first kappa shape index (κ1) is 13.7. The maximum absolute atomic E-state index is 4.62. The molecule has 0 aliphatic carbocycles. The Morgan fingerprint density at radius 3 is 2.91 bits per heavy atom. The molecule has 7 heteroatoms. The largest absolute Gasteiger partial charge is 0.363 e. The number of nitrogens with zero attached hydrogens (tertiary/aromatic N) is 6. The minimum Gasteiger partial charge on any atom is -0.363 e. The van der Waals surface area contributed by atoms with Gasteiger partial charge in [-0.1, -0.05) is 19.9 Å². The zero-order chi connectivity index (χ0) is 15.8. The van der Waals surface area contributed by atoms with Crippen LogP contribution in [0.5, 0.6) is 0 Å². The van der Waals surface area contributed by atoms with Crippen molar-refractivity contribution in [1.82, 2.24) is 29.2 Å². The van der Waals surface area contributed by atoms with E-state index in [4.69, 9.17) is 0 Å². The van der Waals surface area contributed by atoms with Crippen LogP contribution in [0.25, 0.3) is 11.3 Å². The van der Waals surface area contributed by atoms with E-state index in [0.717, 1.165) is 28.6 Å². The van der Waals surface area contributed by atoms with Crippen LogP contribution < -0.4 is 5.32 Å². The molecule has 0 aliphatic rings. The van der Waals surface area contributed by atoms with E-state index in [1.54, 1.807) is 10.7 Å². The SMILES string of the molecule is CC(C)c1cc(NCc2nnc3ccccn23)n2nccc2n1. The lowest BCUT2D eigenvalue weighted by Crippen LogP contribution is -2.10. The molecular weight excluding hydrogens is 290 g/mol. The fraction of sp³-hybridized carbons (Fsp3) is 0.250. The van der Waals surface area contributed by atoms with Gasteiger partial charge in [0.2, 0.25) is 0 Å². The van der Waals surface area contributed by atoms with Crippen molar-refractivity contribution in [2.75, 3.05) is 5.32 Å². The number of hydrogen-bond acceptors (Lipinski definition) is 5. The molecule has 4 aromatic rings. The molecule has 0 unspecified atom stereocenters.